The van der Waals surface area contributed by atoms with Gasteiger partial charge in [0.25, 0.3) is 5.91 Å². The van der Waals surface area contributed by atoms with Crippen molar-refractivity contribution in [3.05, 3.63) is 58.8 Å². The number of pyridine rings is 1. The number of amides is 2. The summed E-state index contributed by atoms with van der Waals surface area (Å²) in [5, 5.41) is 0. The average molecular weight is 495 g/mol. The molecule has 0 atom stereocenters. The summed E-state index contributed by atoms with van der Waals surface area (Å²) < 4.78 is 28.3. The molecule has 0 unspecified atom stereocenters. The zero-order valence-electron chi connectivity index (χ0n) is 16.2. The first-order valence-electron chi connectivity index (χ1n) is 9.61. The van der Waals surface area contributed by atoms with Gasteiger partial charge in [-0.25, -0.2) is 13.1 Å². The van der Waals surface area contributed by atoms with Crippen LogP contribution in [0.1, 0.15) is 36.2 Å². The summed E-state index contributed by atoms with van der Waals surface area (Å²) in [6.07, 6.45) is 4.24. The molecule has 0 saturated heterocycles. The highest BCUT2D eigenvalue weighted by atomic mass is 79.9. The van der Waals surface area contributed by atoms with Gasteiger partial charge in [-0.1, -0.05) is 22.0 Å². The number of hydrazine groups is 1. The fraction of sp³-hybridized carbons (Fsp3) is 0.350. The Balaban J connectivity index is 1.41. The second-order valence-electron chi connectivity index (χ2n) is 7.18. The molecule has 3 rings (SSSR count). The molecule has 160 valence electrons. The second kappa shape index (κ2) is 10.1. The maximum Gasteiger partial charge on any atom is 0.288 e. The smallest absolute Gasteiger partial charge is 0.273 e. The molecule has 2 aromatic rings. The minimum absolute atomic E-state index is 0.169. The molecule has 0 aliphatic heterocycles. The van der Waals surface area contributed by atoms with E-state index in [2.05, 4.69) is 36.5 Å². The molecule has 8 nitrogen and oxygen atoms in total. The van der Waals surface area contributed by atoms with Gasteiger partial charge in [0.1, 0.15) is 5.69 Å². The predicted molar refractivity (Wildman–Crippen MR) is 115 cm³/mol. The average Bonchev–Trinajstić information content (AvgIpc) is 2.77. The van der Waals surface area contributed by atoms with Crippen molar-refractivity contribution in [2.75, 3.05) is 6.54 Å². The van der Waals surface area contributed by atoms with Crippen LogP contribution in [-0.2, 0) is 14.8 Å². The first-order chi connectivity index (χ1) is 14.3. The summed E-state index contributed by atoms with van der Waals surface area (Å²) >= 11 is 3.29. The number of aromatic nitrogens is 1. The molecule has 0 bridgehead atoms. The number of carbonyl (C=O) groups excluding carboxylic acids is 2. The topological polar surface area (TPSA) is 117 Å². The molecule has 10 heteroatoms. The number of hydrogen-bond acceptors (Lipinski definition) is 5. The van der Waals surface area contributed by atoms with Crippen molar-refractivity contribution in [3.63, 3.8) is 0 Å². The molecule has 1 aromatic carbocycles. The molecule has 3 N–H and O–H groups in total. The Morgan fingerprint density at radius 1 is 1.00 bits per heavy atom. The Morgan fingerprint density at radius 3 is 2.33 bits per heavy atom. The van der Waals surface area contributed by atoms with Crippen LogP contribution in [0.15, 0.2) is 58.0 Å². The number of nitrogens with one attached hydrogen (secondary N) is 3. The molecule has 0 spiro atoms. The van der Waals surface area contributed by atoms with E-state index >= 15 is 0 Å². The molecule has 1 fully saturated rings. The van der Waals surface area contributed by atoms with Gasteiger partial charge in [0.2, 0.25) is 15.9 Å². The van der Waals surface area contributed by atoms with Crippen molar-refractivity contribution in [3.8, 4) is 0 Å². The van der Waals surface area contributed by atoms with Gasteiger partial charge in [-0.3, -0.25) is 25.4 Å². The van der Waals surface area contributed by atoms with E-state index in [0.29, 0.717) is 19.4 Å². The summed E-state index contributed by atoms with van der Waals surface area (Å²) in [7, 11) is -3.55. The van der Waals surface area contributed by atoms with Crippen molar-refractivity contribution >= 4 is 37.8 Å². The number of halogens is 1. The molecule has 0 radical (unpaired) electrons. The standard InChI is InChI=1S/C20H23BrN4O4S/c21-16-8-10-17(11-9-16)30(28,29)23-13-14-4-6-15(7-5-14)19(26)24-25-20(27)18-3-1-2-12-22-18/h1-3,8-12,14-15,23H,4-7,13H2,(H,24,26)(H,25,27). The molecular weight excluding hydrogens is 472 g/mol. The first-order valence-corrected chi connectivity index (χ1v) is 11.9. The lowest BCUT2D eigenvalue weighted by Crippen LogP contribution is -2.45. The second-order valence-corrected chi connectivity index (χ2v) is 9.86. The molecule has 1 aromatic heterocycles. The van der Waals surface area contributed by atoms with Gasteiger partial charge in [-0.15, -0.1) is 0 Å². The van der Waals surface area contributed by atoms with Crippen molar-refractivity contribution in [2.24, 2.45) is 11.8 Å². The van der Waals surface area contributed by atoms with Crippen molar-refractivity contribution < 1.29 is 18.0 Å². The normalized spacial score (nSPS) is 19.1. The predicted octanol–water partition coefficient (Wildman–Crippen LogP) is 2.39. The summed E-state index contributed by atoms with van der Waals surface area (Å²) in [4.78, 5) is 28.4. The van der Waals surface area contributed by atoms with Crippen LogP contribution in [-0.4, -0.2) is 31.8 Å². The largest absolute Gasteiger partial charge is 0.288 e. The fourth-order valence-electron chi connectivity index (χ4n) is 3.33. The number of benzene rings is 1. The summed E-state index contributed by atoms with van der Waals surface area (Å²) in [6.45, 7) is 0.336. The van der Waals surface area contributed by atoms with Crippen molar-refractivity contribution in [2.45, 2.75) is 30.6 Å². The zero-order valence-corrected chi connectivity index (χ0v) is 18.6. The number of nitrogens with zero attached hydrogens (tertiary/aromatic N) is 1. The molecule has 1 saturated carbocycles. The molecule has 2 amide bonds. The molecule has 1 aliphatic carbocycles. The Labute approximate surface area is 184 Å². The third-order valence-corrected chi connectivity index (χ3v) is 7.07. The lowest BCUT2D eigenvalue weighted by atomic mass is 9.82. The number of rotatable bonds is 6. The maximum atomic E-state index is 12.4. The highest BCUT2D eigenvalue weighted by molar-refractivity contribution is 9.10. The van der Waals surface area contributed by atoms with Crippen LogP contribution >= 0.6 is 15.9 Å². The molecule has 1 aliphatic rings. The van der Waals surface area contributed by atoms with E-state index in [1.165, 1.54) is 6.20 Å². The van der Waals surface area contributed by atoms with Crippen LogP contribution in [0, 0.1) is 11.8 Å². The van der Waals surface area contributed by atoms with Crippen LogP contribution in [0.25, 0.3) is 0 Å². The van der Waals surface area contributed by atoms with Gasteiger partial charge < -0.3 is 0 Å². The highest BCUT2D eigenvalue weighted by Gasteiger charge is 2.27. The van der Waals surface area contributed by atoms with Gasteiger partial charge in [0.15, 0.2) is 0 Å². The minimum atomic E-state index is -3.55. The van der Waals surface area contributed by atoms with Crippen molar-refractivity contribution in [1.82, 2.24) is 20.6 Å². The number of sulfonamides is 1. The van der Waals surface area contributed by atoms with E-state index in [1.807, 2.05) is 0 Å². The third kappa shape index (κ3) is 6.10. The van der Waals surface area contributed by atoms with Gasteiger partial charge >= 0.3 is 0 Å². The van der Waals surface area contributed by atoms with E-state index in [-0.39, 0.29) is 28.3 Å². The van der Waals surface area contributed by atoms with Gasteiger partial charge in [0, 0.05) is 23.1 Å². The maximum absolute atomic E-state index is 12.4. The Morgan fingerprint density at radius 2 is 1.70 bits per heavy atom. The summed E-state index contributed by atoms with van der Waals surface area (Å²) in [5.41, 5.74) is 5.05. The Hall–Kier alpha value is -2.30. The quantitative estimate of drug-likeness (QED) is 0.532. The Kier molecular flexibility index (Phi) is 7.57. The molecular formula is C20H23BrN4O4S. The van der Waals surface area contributed by atoms with Crippen molar-refractivity contribution in [1.29, 1.82) is 0 Å². The van der Waals surface area contributed by atoms with Gasteiger partial charge in [0.05, 0.1) is 4.90 Å². The van der Waals surface area contributed by atoms with Crippen LogP contribution in [0.5, 0.6) is 0 Å². The Bertz CT molecular complexity index is 976. The van der Waals surface area contributed by atoms with E-state index in [0.717, 1.165) is 17.3 Å². The fourth-order valence-corrected chi connectivity index (χ4v) is 4.72. The highest BCUT2D eigenvalue weighted by Crippen LogP contribution is 2.28. The zero-order chi connectivity index (χ0) is 21.6. The SMILES string of the molecule is O=C(NNC(=O)C1CCC(CNS(=O)(=O)c2ccc(Br)cc2)CC1)c1ccccn1. The van der Waals surface area contributed by atoms with Gasteiger partial charge in [-0.05, 0) is 68.0 Å². The number of hydrogen-bond donors (Lipinski definition) is 3. The van der Waals surface area contributed by atoms with Crippen LogP contribution < -0.4 is 15.6 Å². The van der Waals surface area contributed by atoms with E-state index in [4.69, 9.17) is 0 Å². The monoisotopic (exact) mass is 494 g/mol. The van der Waals surface area contributed by atoms with Crippen LogP contribution in [0.4, 0.5) is 0 Å². The van der Waals surface area contributed by atoms with E-state index < -0.39 is 15.9 Å². The molecule has 30 heavy (non-hydrogen) atoms. The minimum Gasteiger partial charge on any atom is -0.273 e. The van der Waals surface area contributed by atoms with Crippen LogP contribution in [0.3, 0.4) is 0 Å². The molecule has 1 heterocycles. The van der Waals surface area contributed by atoms with E-state index in [9.17, 15) is 18.0 Å². The lowest BCUT2D eigenvalue weighted by Gasteiger charge is -2.27. The third-order valence-electron chi connectivity index (χ3n) is 5.10. The lowest BCUT2D eigenvalue weighted by molar-refractivity contribution is -0.127. The van der Waals surface area contributed by atoms with Gasteiger partial charge in [-0.2, -0.15) is 0 Å². The van der Waals surface area contributed by atoms with Crippen LogP contribution in [0.2, 0.25) is 0 Å². The summed E-state index contributed by atoms with van der Waals surface area (Å²) in [5.74, 6) is -0.760. The number of carbonyl (C=O) groups is 2. The first kappa shape index (κ1) is 22.4. The summed E-state index contributed by atoms with van der Waals surface area (Å²) in [6, 6.07) is 11.4. The van der Waals surface area contributed by atoms with E-state index in [1.54, 1.807) is 42.5 Å².